The molecule has 0 aliphatic rings. The Bertz CT molecular complexity index is 973. The molecule has 0 aliphatic heterocycles. The summed E-state index contributed by atoms with van der Waals surface area (Å²) in [6.07, 6.45) is 1.16. The standard InChI is InChI=1S/C16H17N5O3/c1-8-5-9(15(23)24-2)6-12-14(8)11(20-21-12)4-3-10-7-13(22)19-16(17)18-10/h5-7H,3-4H2,1-2H3,(H,20,21)(H3,17,18,19,22). The number of carbonyl (C=O) groups excluding carboxylic acids is 1. The molecule has 0 radical (unpaired) electrons. The lowest BCUT2D eigenvalue weighted by atomic mass is 10.0. The van der Waals surface area contributed by atoms with Crippen LogP contribution in [0.2, 0.25) is 0 Å². The minimum Gasteiger partial charge on any atom is -0.465 e. The normalized spacial score (nSPS) is 10.9. The number of benzene rings is 1. The maximum absolute atomic E-state index is 11.7. The van der Waals surface area contributed by atoms with Gasteiger partial charge in [0.1, 0.15) is 0 Å². The van der Waals surface area contributed by atoms with Gasteiger partial charge in [-0.05, 0) is 37.5 Å². The molecule has 0 fully saturated rings. The van der Waals surface area contributed by atoms with Gasteiger partial charge in [-0.15, -0.1) is 0 Å². The molecule has 0 saturated heterocycles. The number of ether oxygens (including phenoxy) is 1. The molecule has 124 valence electrons. The molecule has 4 N–H and O–H groups in total. The highest BCUT2D eigenvalue weighted by Gasteiger charge is 2.14. The first-order valence-electron chi connectivity index (χ1n) is 7.39. The number of nitrogens with zero attached hydrogens (tertiary/aromatic N) is 2. The predicted octanol–water partition coefficient (Wildman–Crippen LogP) is 1.11. The largest absolute Gasteiger partial charge is 0.465 e. The summed E-state index contributed by atoms with van der Waals surface area (Å²) in [4.78, 5) is 29.6. The summed E-state index contributed by atoms with van der Waals surface area (Å²) < 4.78 is 4.75. The van der Waals surface area contributed by atoms with Gasteiger partial charge in [0.15, 0.2) is 0 Å². The minimum absolute atomic E-state index is 0.103. The van der Waals surface area contributed by atoms with Gasteiger partial charge in [-0.25, -0.2) is 9.78 Å². The number of H-pyrrole nitrogens is 2. The molecule has 0 atom stereocenters. The molecule has 3 rings (SSSR count). The van der Waals surface area contributed by atoms with E-state index in [0.717, 1.165) is 16.6 Å². The number of aromatic nitrogens is 4. The van der Waals surface area contributed by atoms with E-state index in [1.54, 1.807) is 12.1 Å². The zero-order valence-electron chi connectivity index (χ0n) is 13.3. The van der Waals surface area contributed by atoms with Gasteiger partial charge in [0.2, 0.25) is 5.95 Å². The highest BCUT2D eigenvalue weighted by atomic mass is 16.5. The molecule has 8 nitrogen and oxygen atoms in total. The van der Waals surface area contributed by atoms with Gasteiger partial charge >= 0.3 is 5.97 Å². The number of hydrogen-bond acceptors (Lipinski definition) is 6. The third-order valence-corrected chi connectivity index (χ3v) is 3.79. The van der Waals surface area contributed by atoms with Gasteiger partial charge < -0.3 is 10.5 Å². The van der Waals surface area contributed by atoms with E-state index < -0.39 is 5.97 Å². The number of aromatic amines is 2. The topological polar surface area (TPSA) is 127 Å². The van der Waals surface area contributed by atoms with Crippen LogP contribution >= 0.6 is 0 Å². The van der Waals surface area contributed by atoms with Crippen molar-refractivity contribution < 1.29 is 9.53 Å². The first-order chi connectivity index (χ1) is 11.5. The molecule has 0 spiro atoms. The minimum atomic E-state index is -0.396. The maximum atomic E-state index is 11.7. The van der Waals surface area contributed by atoms with Gasteiger partial charge in [-0.2, -0.15) is 5.10 Å². The molecule has 0 saturated carbocycles. The van der Waals surface area contributed by atoms with Crippen molar-refractivity contribution in [1.82, 2.24) is 20.2 Å². The quantitative estimate of drug-likeness (QED) is 0.616. The van der Waals surface area contributed by atoms with Crippen molar-refractivity contribution in [2.24, 2.45) is 0 Å². The molecular formula is C16H17N5O3. The molecule has 8 heteroatoms. The van der Waals surface area contributed by atoms with Crippen LogP contribution in [0.15, 0.2) is 23.0 Å². The summed E-state index contributed by atoms with van der Waals surface area (Å²) in [5.41, 5.74) is 8.89. The second-order valence-corrected chi connectivity index (χ2v) is 5.50. The number of aryl methyl sites for hydroxylation is 3. The second-order valence-electron chi connectivity index (χ2n) is 5.50. The number of methoxy groups -OCH3 is 1. The zero-order chi connectivity index (χ0) is 17.3. The van der Waals surface area contributed by atoms with Crippen molar-refractivity contribution in [1.29, 1.82) is 0 Å². The van der Waals surface area contributed by atoms with Crippen LogP contribution in [0.3, 0.4) is 0 Å². The molecule has 0 bridgehead atoms. The van der Waals surface area contributed by atoms with Crippen LogP contribution in [0.1, 0.15) is 27.3 Å². The number of rotatable bonds is 4. The Balaban J connectivity index is 1.90. The highest BCUT2D eigenvalue weighted by Crippen LogP contribution is 2.23. The van der Waals surface area contributed by atoms with Crippen LogP contribution in [0, 0.1) is 6.92 Å². The van der Waals surface area contributed by atoms with E-state index in [1.807, 2.05) is 6.92 Å². The number of carbonyl (C=O) groups is 1. The fourth-order valence-corrected chi connectivity index (χ4v) is 2.76. The predicted molar refractivity (Wildman–Crippen MR) is 88.8 cm³/mol. The molecule has 1 aromatic carbocycles. The van der Waals surface area contributed by atoms with E-state index >= 15 is 0 Å². The summed E-state index contributed by atoms with van der Waals surface area (Å²) in [6.45, 7) is 1.91. The van der Waals surface area contributed by atoms with Crippen molar-refractivity contribution >= 4 is 22.8 Å². The van der Waals surface area contributed by atoms with Gasteiger partial charge in [0, 0.05) is 17.1 Å². The molecule has 2 aromatic heterocycles. The average Bonchev–Trinajstić information content (AvgIpc) is 2.95. The first kappa shape index (κ1) is 15.7. The van der Waals surface area contributed by atoms with E-state index in [4.69, 9.17) is 10.5 Å². The fourth-order valence-electron chi connectivity index (χ4n) is 2.76. The fraction of sp³-hybridized carbons (Fsp3) is 0.250. The Kier molecular flexibility index (Phi) is 4.03. The number of hydrogen-bond donors (Lipinski definition) is 3. The molecule has 2 heterocycles. The molecule has 0 aliphatic carbocycles. The summed E-state index contributed by atoms with van der Waals surface area (Å²) in [6, 6.07) is 4.89. The van der Waals surface area contributed by atoms with Crippen molar-refractivity contribution in [2.45, 2.75) is 19.8 Å². The summed E-state index contributed by atoms with van der Waals surface area (Å²) >= 11 is 0. The van der Waals surface area contributed by atoms with Crippen LogP contribution in [-0.2, 0) is 17.6 Å². The van der Waals surface area contributed by atoms with Crippen LogP contribution in [0.5, 0.6) is 0 Å². The molecule has 3 aromatic rings. The number of nitrogen functional groups attached to an aromatic ring is 1. The van der Waals surface area contributed by atoms with Crippen LogP contribution < -0.4 is 11.3 Å². The second kappa shape index (κ2) is 6.15. The van der Waals surface area contributed by atoms with Crippen LogP contribution in [0.25, 0.3) is 10.9 Å². The molecule has 0 amide bonds. The van der Waals surface area contributed by atoms with E-state index in [-0.39, 0.29) is 11.5 Å². The Labute approximate surface area is 137 Å². The van der Waals surface area contributed by atoms with Crippen LogP contribution in [-0.4, -0.2) is 33.2 Å². The van der Waals surface area contributed by atoms with Gasteiger partial charge in [0.05, 0.1) is 23.9 Å². The van der Waals surface area contributed by atoms with Gasteiger partial charge in [0.25, 0.3) is 5.56 Å². The van der Waals surface area contributed by atoms with Crippen molar-refractivity contribution in [3.05, 3.63) is 51.1 Å². The van der Waals surface area contributed by atoms with E-state index in [9.17, 15) is 9.59 Å². The lowest BCUT2D eigenvalue weighted by molar-refractivity contribution is 0.0601. The van der Waals surface area contributed by atoms with Crippen molar-refractivity contribution in [3.8, 4) is 0 Å². The lowest BCUT2D eigenvalue weighted by Crippen LogP contribution is -2.12. The Morgan fingerprint density at radius 3 is 2.79 bits per heavy atom. The molecular weight excluding hydrogens is 310 g/mol. The smallest absolute Gasteiger partial charge is 0.337 e. The Morgan fingerprint density at radius 1 is 1.29 bits per heavy atom. The first-order valence-corrected chi connectivity index (χ1v) is 7.39. The summed E-state index contributed by atoms with van der Waals surface area (Å²) in [5.74, 6) is -0.293. The van der Waals surface area contributed by atoms with Crippen molar-refractivity contribution in [3.63, 3.8) is 0 Å². The highest BCUT2D eigenvalue weighted by molar-refractivity contribution is 5.96. The van der Waals surface area contributed by atoms with E-state index in [0.29, 0.717) is 29.6 Å². The number of fused-ring (bicyclic) bond motifs is 1. The lowest BCUT2D eigenvalue weighted by Gasteiger charge is -2.04. The third kappa shape index (κ3) is 2.98. The zero-order valence-corrected chi connectivity index (χ0v) is 13.3. The number of anilines is 1. The Hall–Kier alpha value is -3.16. The molecule has 0 unspecified atom stereocenters. The average molecular weight is 327 g/mol. The van der Waals surface area contributed by atoms with E-state index in [1.165, 1.54) is 13.2 Å². The monoisotopic (exact) mass is 327 g/mol. The number of nitrogens with two attached hydrogens (primary N) is 1. The summed E-state index contributed by atoms with van der Waals surface area (Å²) in [7, 11) is 1.35. The summed E-state index contributed by atoms with van der Waals surface area (Å²) in [5, 5.41) is 8.21. The Morgan fingerprint density at radius 2 is 2.08 bits per heavy atom. The molecule has 24 heavy (non-hydrogen) atoms. The van der Waals surface area contributed by atoms with Crippen LogP contribution in [0.4, 0.5) is 5.95 Å². The third-order valence-electron chi connectivity index (χ3n) is 3.79. The van der Waals surface area contributed by atoms with Crippen molar-refractivity contribution in [2.75, 3.05) is 12.8 Å². The number of nitrogens with one attached hydrogen (secondary N) is 2. The van der Waals surface area contributed by atoms with Gasteiger partial charge in [-0.1, -0.05) is 0 Å². The van der Waals surface area contributed by atoms with Gasteiger partial charge in [-0.3, -0.25) is 14.9 Å². The number of esters is 1. The SMILES string of the molecule is COC(=O)c1cc(C)c2c(CCc3cc(=O)[nH]c(N)n3)[nH]nc2c1. The van der Waals surface area contributed by atoms with E-state index in [2.05, 4.69) is 20.2 Å². The maximum Gasteiger partial charge on any atom is 0.337 e.